The molecule has 0 spiro atoms. The molecule has 0 bridgehead atoms. The molecule has 0 saturated carbocycles. The Kier molecular flexibility index (Phi) is 5.65. The third-order valence-corrected chi connectivity index (χ3v) is 4.54. The van der Waals surface area contributed by atoms with E-state index in [4.69, 9.17) is 4.74 Å². The third kappa shape index (κ3) is 4.72. The van der Waals surface area contributed by atoms with Gasteiger partial charge in [-0.25, -0.2) is 0 Å². The van der Waals surface area contributed by atoms with Gasteiger partial charge in [-0.05, 0) is 75.4 Å². The molecule has 1 atom stereocenters. The van der Waals surface area contributed by atoms with E-state index in [0.29, 0.717) is 6.61 Å². The van der Waals surface area contributed by atoms with Crippen LogP contribution in [0.1, 0.15) is 36.5 Å². The Morgan fingerprint density at radius 2 is 1.90 bits per heavy atom. The Bertz CT molecular complexity index is 465. The molecule has 1 aliphatic heterocycles. The average molecular weight is 291 g/mol. The Morgan fingerprint density at radius 3 is 2.57 bits per heavy atom. The van der Waals surface area contributed by atoms with Gasteiger partial charge in [0.25, 0.3) is 0 Å². The summed E-state index contributed by atoms with van der Waals surface area (Å²) in [6.07, 6.45) is 2.06. The van der Waals surface area contributed by atoms with Crippen molar-refractivity contribution in [3.8, 4) is 5.75 Å². The van der Waals surface area contributed by atoms with Crippen LogP contribution in [-0.2, 0) is 0 Å². The quantitative estimate of drug-likeness (QED) is 0.905. The molecule has 1 saturated heterocycles. The predicted octanol–water partition coefficient (Wildman–Crippen LogP) is 3.08. The van der Waals surface area contributed by atoms with E-state index >= 15 is 0 Å². The molecule has 0 radical (unpaired) electrons. The minimum absolute atomic E-state index is 0.371. The van der Waals surface area contributed by atoms with Crippen LogP contribution in [0.4, 0.5) is 0 Å². The zero-order chi connectivity index (χ0) is 15.4. The van der Waals surface area contributed by atoms with Crippen molar-refractivity contribution in [3.05, 3.63) is 28.8 Å². The Labute approximate surface area is 128 Å². The molecule has 21 heavy (non-hydrogen) atoms. The molecule has 118 valence electrons. The topological polar surface area (TPSA) is 32.7 Å². The van der Waals surface area contributed by atoms with E-state index in [1.54, 1.807) is 0 Å². The second kappa shape index (κ2) is 7.28. The molecule has 0 amide bonds. The first-order chi connectivity index (χ1) is 9.95. The van der Waals surface area contributed by atoms with Crippen molar-refractivity contribution in [2.75, 3.05) is 26.2 Å². The molecule has 1 aliphatic rings. The lowest BCUT2D eigenvalue weighted by atomic mass is 9.99. The van der Waals surface area contributed by atoms with Crippen LogP contribution in [0.15, 0.2) is 12.1 Å². The van der Waals surface area contributed by atoms with Crippen molar-refractivity contribution >= 4 is 0 Å². The van der Waals surface area contributed by atoms with E-state index in [9.17, 15) is 5.11 Å². The molecule has 0 aliphatic carbocycles. The van der Waals surface area contributed by atoms with E-state index < -0.39 is 6.10 Å². The lowest BCUT2D eigenvalue weighted by Gasteiger charge is -2.31. The van der Waals surface area contributed by atoms with Gasteiger partial charge in [0.2, 0.25) is 0 Å². The van der Waals surface area contributed by atoms with Gasteiger partial charge < -0.3 is 14.7 Å². The summed E-state index contributed by atoms with van der Waals surface area (Å²) >= 11 is 0. The summed E-state index contributed by atoms with van der Waals surface area (Å²) < 4.78 is 5.85. The van der Waals surface area contributed by atoms with E-state index in [2.05, 4.69) is 44.7 Å². The number of aryl methyl sites for hydroxylation is 2. The summed E-state index contributed by atoms with van der Waals surface area (Å²) in [4.78, 5) is 2.35. The van der Waals surface area contributed by atoms with Crippen LogP contribution in [0.5, 0.6) is 5.75 Å². The smallest absolute Gasteiger partial charge is 0.122 e. The van der Waals surface area contributed by atoms with Crippen molar-refractivity contribution in [3.63, 3.8) is 0 Å². The number of β-amino-alcohol motifs (C(OH)–C–C–N with tert-alkyl or cyclic N) is 1. The van der Waals surface area contributed by atoms with Crippen molar-refractivity contribution in [2.24, 2.45) is 5.92 Å². The zero-order valence-corrected chi connectivity index (χ0v) is 13.9. The fourth-order valence-electron chi connectivity index (χ4n) is 2.93. The van der Waals surface area contributed by atoms with Gasteiger partial charge in [-0.15, -0.1) is 0 Å². The highest BCUT2D eigenvalue weighted by molar-refractivity contribution is 5.41. The van der Waals surface area contributed by atoms with E-state index in [0.717, 1.165) is 31.3 Å². The molecule has 2 rings (SSSR count). The Balaban J connectivity index is 1.82. The summed E-state index contributed by atoms with van der Waals surface area (Å²) in [7, 11) is 0. The van der Waals surface area contributed by atoms with Crippen LogP contribution in [0.25, 0.3) is 0 Å². The molecular formula is C18H29NO2. The highest BCUT2D eigenvalue weighted by Crippen LogP contribution is 2.23. The molecule has 1 aromatic rings. The van der Waals surface area contributed by atoms with Crippen molar-refractivity contribution in [1.29, 1.82) is 0 Å². The van der Waals surface area contributed by atoms with Gasteiger partial charge in [-0.2, -0.15) is 0 Å². The monoisotopic (exact) mass is 291 g/mol. The fraction of sp³-hybridized carbons (Fsp3) is 0.667. The van der Waals surface area contributed by atoms with E-state index in [1.165, 1.54) is 29.5 Å². The fourth-order valence-corrected chi connectivity index (χ4v) is 2.93. The largest absolute Gasteiger partial charge is 0.491 e. The van der Waals surface area contributed by atoms with Gasteiger partial charge in [0, 0.05) is 6.54 Å². The Morgan fingerprint density at radius 1 is 1.24 bits per heavy atom. The highest BCUT2D eigenvalue weighted by Gasteiger charge is 2.18. The molecule has 3 nitrogen and oxygen atoms in total. The summed E-state index contributed by atoms with van der Waals surface area (Å²) in [6.45, 7) is 11.8. The normalized spacial score (nSPS) is 18.7. The van der Waals surface area contributed by atoms with Crippen LogP contribution in [-0.4, -0.2) is 42.4 Å². The number of hydrogen-bond acceptors (Lipinski definition) is 3. The first-order valence-corrected chi connectivity index (χ1v) is 8.06. The molecule has 3 heteroatoms. The first kappa shape index (κ1) is 16.3. The van der Waals surface area contributed by atoms with Crippen LogP contribution in [0.3, 0.4) is 0 Å². The van der Waals surface area contributed by atoms with E-state index in [-0.39, 0.29) is 0 Å². The molecule has 0 unspecified atom stereocenters. The molecule has 0 aromatic heterocycles. The molecule has 1 N–H and O–H groups in total. The number of benzene rings is 1. The zero-order valence-electron chi connectivity index (χ0n) is 13.9. The lowest BCUT2D eigenvalue weighted by Crippen LogP contribution is -2.40. The number of nitrogens with zero attached hydrogens (tertiary/aromatic N) is 1. The number of hydrogen-bond donors (Lipinski definition) is 1. The SMILES string of the molecule is Cc1cc(C)c(C)c(OC[C@@H](O)CN2CCC(C)CC2)c1. The van der Waals surface area contributed by atoms with Gasteiger partial charge >= 0.3 is 0 Å². The Hall–Kier alpha value is -1.06. The van der Waals surface area contributed by atoms with Gasteiger partial charge in [0.1, 0.15) is 18.5 Å². The van der Waals surface area contributed by atoms with Crippen LogP contribution >= 0.6 is 0 Å². The summed E-state index contributed by atoms with van der Waals surface area (Å²) in [5.41, 5.74) is 3.61. The molecule has 1 heterocycles. The van der Waals surface area contributed by atoms with Gasteiger partial charge in [0.15, 0.2) is 0 Å². The second-order valence-corrected chi connectivity index (χ2v) is 6.65. The van der Waals surface area contributed by atoms with Gasteiger partial charge in [-0.1, -0.05) is 13.0 Å². The standard InChI is InChI=1S/C18H29NO2/c1-13-5-7-19(8-6-13)11-17(20)12-21-18-10-14(2)9-15(3)16(18)4/h9-10,13,17,20H,5-8,11-12H2,1-4H3/t17-/m0/s1. The maximum atomic E-state index is 10.2. The summed E-state index contributed by atoms with van der Waals surface area (Å²) in [5, 5.41) is 10.2. The van der Waals surface area contributed by atoms with Crippen LogP contribution < -0.4 is 4.74 Å². The molecule has 1 aromatic carbocycles. The molecule has 1 fully saturated rings. The second-order valence-electron chi connectivity index (χ2n) is 6.65. The van der Waals surface area contributed by atoms with Gasteiger partial charge in [-0.3, -0.25) is 0 Å². The molecular weight excluding hydrogens is 262 g/mol. The summed E-state index contributed by atoms with van der Waals surface area (Å²) in [5.74, 6) is 1.73. The lowest BCUT2D eigenvalue weighted by molar-refractivity contribution is 0.0561. The third-order valence-electron chi connectivity index (χ3n) is 4.54. The minimum Gasteiger partial charge on any atom is -0.491 e. The van der Waals surface area contributed by atoms with Crippen LogP contribution in [0, 0.1) is 26.7 Å². The van der Waals surface area contributed by atoms with Gasteiger partial charge in [0.05, 0.1) is 0 Å². The van der Waals surface area contributed by atoms with Crippen molar-refractivity contribution < 1.29 is 9.84 Å². The number of piperidine rings is 1. The predicted molar refractivity (Wildman–Crippen MR) is 87.0 cm³/mol. The first-order valence-electron chi connectivity index (χ1n) is 8.06. The average Bonchev–Trinajstić information content (AvgIpc) is 2.44. The highest BCUT2D eigenvalue weighted by atomic mass is 16.5. The minimum atomic E-state index is -0.418. The summed E-state index contributed by atoms with van der Waals surface area (Å²) in [6, 6.07) is 4.21. The van der Waals surface area contributed by atoms with Crippen LogP contribution in [0.2, 0.25) is 0 Å². The number of aliphatic hydroxyl groups is 1. The maximum Gasteiger partial charge on any atom is 0.122 e. The number of rotatable bonds is 5. The maximum absolute atomic E-state index is 10.2. The number of likely N-dealkylation sites (tertiary alicyclic amines) is 1. The number of aliphatic hydroxyl groups excluding tert-OH is 1. The number of ether oxygens (including phenoxy) is 1. The van der Waals surface area contributed by atoms with Crippen molar-refractivity contribution in [1.82, 2.24) is 4.90 Å². The van der Waals surface area contributed by atoms with E-state index in [1.807, 2.05) is 0 Å². The van der Waals surface area contributed by atoms with Crippen molar-refractivity contribution in [2.45, 2.75) is 46.6 Å².